The molecule has 1 saturated heterocycles. The highest BCUT2D eigenvalue weighted by Gasteiger charge is 2.31. The zero-order valence-electron chi connectivity index (χ0n) is 18.9. The Morgan fingerprint density at radius 2 is 1.66 bits per heavy atom. The minimum absolute atomic E-state index is 0.163. The second-order valence-corrected chi connectivity index (χ2v) is 8.39. The Morgan fingerprint density at radius 3 is 2.31 bits per heavy atom. The number of halogens is 4. The van der Waals surface area contributed by atoms with Crippen LogP contribution < -0.4 is 10.2 Å². The lowest BCUT2D eigenvalue weighted by molar-refractivity contribution is -0.137. The van der Waals surface area contributed by atoms with E-state index in [4.69, 9.17) is 0 Å². The maximum Gasteiger partial charge on any atom is 0.416 e. The summed E-state index contributed by atoms with van der Waals surface area (Å²) in [6, 6.07) is 14.9. The largest absolute Gasteiger partial charge is 0.416 e. The number of carbonyl (C=O) groups is 2. The zero-order chi connectivity index (χ0) is 25.2. The summed E-state index contributed by atoms with van der Waals surface area (Å²) in [6.45, 7) is 2.90. The van der Waals surface area contributed by atoms with Crippen LogP contribution >= 0.6 is 0 Å². The van der Waals surface area contributed by atoms with Crippen molar-refractivity contribution in [3.63, 3.8) is 0 Å². The van der Waals surface area contributed by atoms with Crippen molar-refractivity contribution in [3.8, 4) is 0 Å². The summed E-state index contributed by atoms with van der Waals surface area (Å²) in [6.07, 6.45) is -3.78. The Labute approximate surface area is 200 Å². The van der Waals surface area contributed by atoms with Gasteiger partial charge in [0.05, 0.1) is 16.9 Å². The van der Waals surface area contributed by atoms with Gasteiger partial charge in [0.2, 0.25) is 0 Å². The molecule has 0 bridgehead atoms. The Hall–Kier alpha value is -3.88. The van der Waals surface area contributed by atoms with Crippen LogP contribution in [0.5, 0.6) is 0 Å². The summed E-state index contributed by atoms with van der Waals surface area (Å²) in [7, 11) is 0. The van der Waals surface area contributed by atoms with Crippen molar-refractivity contribution in [1.29, 1.82) is 0 Å². The number of benzene rings is 3. The second kappa shape index (κ2) is 9.77. The first-order valence-corrected chi connectivity index (χ1v) is 11.0. The minimum Gasteiger partial charge on any atom is -0.320 e. The van der Waals surface area contributed by atoms with E-state index in [1.807, 2.05) is 13.0 Å². The monoisotopic (exact) mass is 485 g/mol. The van der Waals surface area contributed by atoms with Crippen LogP contribution in [0, 0.1) is 12.7 Å². The van der Waals surface area contributed by atoms with E-state index < -0.39 is 23.5 Å². The molecule has 0 aliphatic carbocycles. The van der Waals surface area contributed by atoms with Gasteiger partial charge in [-0.3, -0.25) is 9.69 Å². The smallest absolute Gasteiger partial charge is 0.320 e. The third-order valence-electron chi connectivity index (χ3n) is 5.76. The Morgan fingerprint density at radius 1 is 0.971 bits per heavy atom. The number of hydrogen-bond acceptors (Lipinski definition) is 2. The van der Waals surface area contributed by atoms with Gasteiger partial charge < -0.3 is 10.2 Å². The van der Waals surface area contributed by atoms with Gasteiger partial charge in [-0.2, -0.15) is 13.2 Å². The van der Waals surface area contributed by atoms with Crippen LogP contribution in [-0.4, -0.2) is 29.9 Å². The molecular formula is C26H23F4N3O2. The first-order valence-electron chi connectivity index (χ1n) is 11.0. The fourth-order valence-corrected chi connectivity index (χ4v) is 3.95. The van der Waals surface area contributed by atoms with Gasteiger partial charge in [0.1, 0.15) is 5.82 Å². The molecule has 0 radical (unpaired) electrons. The van der Waals surface area contributed by atoms with E-state index in [-0.39, 0.29) is 18.1 Å². The average Bonchev–Trinajstić information content (AvgIpc) is 2.81. The van der Waals surface area contributed by atoms with Gasteiger partial charge in [0.25, 0.3) is 5.91 Å². The van der Waals surface area contributed by atoms with E-state index in [9.17, 15) is 27.2 Å². The number of hydrogen-bond donors (Lipinski definition) is 1. The molecule has 4 rings (SSSR count). The number of anilines is 2. The third-order valence-corrected chi connectivity index (χ3v) is 5.76. The molecule has 0 unspecified atom stereocenters. The Kier molecular flexibility index (Phi) is 6.77. The van der Waals surface area contributed by atoms with Crippen molar-refractivity contribution < 1.29 is 27.2 Å². The van der Waals surface area contributed by atoms with Crippen LogP contribution in [0.1, 0.15) is 33.5 Å². The van der Waals surface area contributed by atoms with Crippen molar-refractivity contribution in [3.05, 3.63) is 94.8 Å². The van der Waals surface area contributed by atoms with Gasteiger partial charge in [-0.25, -0.2) is 9.18 Å². The number of nitrogens with one attached hydrogen (secondary N) is 1. The predicted molar refractivity (Wildman–Crippen MR) is 125 cm³/mol. The van der Waals surface area contributed by atoms with Crippen molar-refractivity contribution >= 4 is 23.3 Å². The van der Waals surface area contributed by atoms with Gasteiger partial charge in [0.15, 0.2) is 0 Å². The number of carbonyl (C=O) groups excluding carboxylic acids is 2. The number of nitrogens with zero attached hydrogens (tertiary/aromatic N) is 2. The SMILES string of the molecule is Cc1ccc(N2CCCN(Cc3ccc(C(F)(F)F)cc3)C2=O)c(NC(=O)c2ccc(F)cc2)c1. The quantitative estimate of drug-likeness (QED) is 0.435. The van der Waals surface area contributed by atoms with E-state index in [2.05, 4.69) is 5.32 Å². The topological polar surface area (TPSA) is 52.6 Å². The molecule has 1 fully saturated rings. The van der Waals surface area contributed by atoms with Gasteiger partial charge in [-0.15, -0.1) is 0 Å². The number of amides is 3. The number of rotatable bonds is 5. The summed E-state index contributed by atoms with van der Waals surface area (Å²) in [5.74, 6) is -0.896. The lowest BCUT2D eigenvalue weighted by atomic mass is 10.1. The predicted octanol–water partition coefficient (Wildman–Crippen LogP) is 6.24. The standard InChI is InChI=1S/C26H23F4N3O2/c1-17-3-12-23(22(15-17)31-24(34)19-6-10-21(27)11-7-19)33-14-2-13-32(25(33)35)16-18-4-8-20(9-5-18)26(28,29)30/h3-12,15H,2,13-14,16H2,1H3,(H,31,34). The lowest BCUT2D eigenvalue weighted by Crippen LogP contribution is -2.49. The molecular weight excluding hydrogens is 462 g/mol. The van der Waals surface area contributed by atoms with Crippen LogP contribution in [0.3, 0.4) is 0 Å². The molecule has 1 aliphatic rings. The van der Waals surface area contributed by atoms with Gasteiger partial charge in [-0.05, 0) is 73.0 Å². The normalized spacial score (nSPS) is 14.3. The maximum atomic E-state index is 13.3. The molecule has 35 heavy (non-hydrogen) atoms. The number of alkyl halides is 3. The van der Waals surface area contributed by atoms with E-state index in [0.29, 0.717) is 36.4 Å². The van der Waals surface area contributed by atoms with Crippen LogP contribution in [0.15, 0.2) is 66.7 Å². The van der Waals surface area contributed by atoms with Crippen molar-refractivity contribution in [1.82, 2.24) is 4.90 Å². The fraction of sp³-hybridized carbons (Fsp3) is 0.231. The highest BCUT2D eigenvalue weighted by Crippen LogP contribution is 2.32. The molecule has 1 N–H and O–H groups in total. The molecule has 0 aromatic heterocycles. The van der Waals surface area contributed by atoms with Crippen LogP contribution in [-0.2, 0) is 12.7 Å². The van der Waals surface area contributed by atoms with Gasteiger partial charge in [-0.1, -0.05) is 18.2 Å². The molecule has 1 aliphatic heterocycles. The first kappa shape index (κ1) is 24.3. The summed E-state index contributed by atoms with van der Waals surface area (Å²) in [5, 5.41) is 2.81. The summed E-state index contributed by atoms with van der Waals surface area (Å²) in [5.41, 5.74) is 1.93. The van der Waals surface area contributed by atoms with Crippen molar-refractivity contribution in [2.75, 3.05) is 23.3 Å². The molecule has 9 heteroatoms. The molecule has 5 nitrogen and oxygen atoms in total. The zero-order valence-corrected chi connectivity index (χ0v) is 18.9. The first-order chi connectivity index (χ1) is 16.6. The number of urea groups is 1. The molecule has 182 valence electrons. The number of aryl methyl sites for hydroxylation is 1. The average molecular weight is 485 g/mol. The molecule has 3 amide bonds. The molecule has 1 heterocycles. The second-order valence-electron chi connectivity index (χ2n) is 8.39. The minimum atomic E-state index is -4.42. The van der Waals surface area contributed by atoms with E-state index in [0.717, 1.165) is 17.7 Å². The van der Waals surface area contributed by atoms with E-state index in [1.54, 1.807) is 21.9 Å². The maximum absolute atomic E-state index is 13.3. The van der Waals surface area contributed by atoms with E-state index in [1.165, 1.54) is 36.4 Å². The highest BCUT2D eigenvalue weighted by atomic mass is 19.4. The van der Waals surface area contributed by atoms with Crippen LogP contribution in [0.4, 0.5) is 33.7 Å². The molecule has 3 aromatic carbocycles. The van der Waals surface area contributed by atoms with Crippen LogP contribution in [0.25, 0.3) is 0 Å². The molecule has 0 saturated carbocycles. The van der Waals surface area contributed by atoms with Crippen LogP contribution in [0.2, 0.25) is 0 Å². The molecule has 3 aromatic rings. The summed E-state index contributed by atoms with van der Waals surface area (Å²) >= 11 is 0. The Bertz CT molecular complexity index is 1220. The van der Waals surface area contributed by atoms with Crippen molar-refractivity contribution in [2.24, 2.45) is 0 Å². The highest BCUT2D eigenvalue weighted by molar-refractivity contribution is 6.07. The fourth-order valence-electron chi connectivity index (χ4n) is 3.95. The van der Waals surface area contributed by atoms with Gasteiger partial charge >= 0.3 is 12.2 Å². The summed E-state index contributed by atoms with van der Waals surface area (Å²) < 4.78 is 51.7. The van der Waals surface area contributed by atoms with Crippen molar-refractivity contribution in [2.45, 2.75) is 26.1 Å². The van der Waals surface area contributed by atoms with Gasteiger partial charge in [0, 0.05) is 25.2 Å². The van der Waals surface area contributed by atoms with E-state index >= 15 is 0 Å². The Balaban J connectivity index is 1.54. The third kappa shape index (κ3) is 5.62. The summed E-state index contributed by atoms with van der Waals surface area (Å²) in [4.78, 5) is 29.1. The lowest BCUT2D eigenvalue weighted by Gasteiger charge is -2.36. The molecule has 0 atom stereocenters. The molecule has 0 spiro atoms.